The summed E-state index contributed by atoms with van der Waals surface area (Å²) >= 11 is 0. The van der Waals surface area contributed by atoms with Crippen LogP contribution < -0.4 is 9.64 Å². The lowest BCUT2D eigenvalue weighted by Crippen LogP contribution is -2.29. The van der Waals surface area contributed by atoms with Gasteiger partial charge in [0.15, 0.2) is 0 Å². The largest absolute Gasteiger partial charge is 0.507 e. The van der Waals surface area contributed by atoms with Crippen molar-refractivity contribution in [3.05, 3.63) is 113 Å². The molecule has 5 rings (SSSR count). The Hall–Kier alpha value is -4.38. The Morgan fingerprint density at radius 3 is 2.34 bits per heavy atom. The molecule has 4 aromatic rings. The second-order valence-corrected chi connectivity index (χ2v) is 8.57. The monoisotopic (exact) mass is 463 g/mol. The maximum Gasteiger partial charge on any atom is 0.300 e. The van der Waals surface area contributed by atoms with E-state index in [1.807, 2.05) is 74.5 Å². The second-order valence-electron chi connectivity index (χ2n) is 8.57. The van der Waals surface area contributed by atoms with E-state index in [1.54, 1.807) is 30.3 Å². The van der Waals surface area contributed by atoms with Crippen LogP contribution in [0.2, 0.25) is 0 Å². The van der Waals surface area contributed by atoms with Gasteiger partial charge in [0.25, 0.3) is 11.7 Å². The average molecular weight is 464 g/mol. The Morgan fingerprint density at radius 2 is 1.63 bits per heavy atom. The van der Waals surface area contributed by atoms with Gasteiger partial charge in [-0.1, -0.05) is 66.2 Å². The van der Waals surface area contributed by atoms with Crippen molar-refractivity contribution in [2.45, 2.75) is 19.9 Å². The van der Waals surface area contributed by atoms with Crippen molar-refractivity contribution < 1.29 is 19.4 Å². The van der Waals surface area contributed by atoms with Gasteiger partial charge in [0.1, 0.15) is 11.5 Å². The summed E-state index contributed by atoms with van der Waals surface area (Å²) < 4.78 is 5.53. The molecule has 1 unspecified atom stereocenters. The zero-order valence-electron chi connectivity index (χ0n) is 19.6. The van der Waals surface area contributed by atoms with E-state index in [0.29, 0.717) is 23.6 Å². The second kappa shape index (κ2) is 9.11. The van der Waals surface area contributed by atoms with Crippen LogP contribution in [0.25, 0.3) is 16.5 Å². The summed E-state index contributed by atoms with van der Waals surface area (Å²) in [4.78, 5) is 28.2. The normalized spacial score (nSPS) is 17.2. The zero-order valence-corrected chi connectivity index (χ0v) is 19.6. The molecule has 0 saturated carbocycles. The van der Waals surface area contributed by atoms with Crippen molar-refractivity contribution in [1.29, 1.82) is 0 Å². The number of ketones is 1. The van der Waals surface area contributed by atoms with Crippen LogP contribution in [0.4, 0.5) is 5.69 Å². The third-order valence-electron chi connectivity index (χ3n) is 6.25. The predicted molar refractivity (Wildman–Crippen MR) is 138 cm³/mol. The number of amides is 1. The van der Waals surface area contributed by atoms with Crippen LogP contribution >= 0.6 is 0 Å². The Kier molecular flexibility index (Phi) is 5.83. The average Bonchev–Trinajstić information content (AvgIpc) is 3.14. The van der Waals surface area contributed by atoms with Gasteiger partial charge in [0, 0.05) is 11.3 Å². The number of aryl methyl sites for hydroxylation is 1. The summed E-state index contributed by atoms with van der Waals surface area (Å²) in [6.45, 7) is 4.38. The van der Waals surface area contributed by atoms with Gasteiger partial charge >= 0.3 is 0 Å². The number of aliphatic hydroxyl groups is 1. The topological polar surface area (TPSA) is 66.8 Å². The summed E-state index contributed by atoms with van der Waals surface area (Å²) in [6.07, 6.45) is 0. The number of Topliss-reactive ketones (excluding diaryl/α,β-unsaturated/α-hetero) is 1. The first-order valence-corrected chi connectivity index (χ1v) is 11.6. The van der Waals surface area contributed by atoms with Crippen molar-refractivity contribution in [3.8, 4) is 5.75 Å². The van der Waals surface area contributed by atoms with E-state index in [2.05, 4.69) is 0 Å². The van der Waals surface area contributed by atoms with E-state index in [-0.39, 0.29) is 11.3 Å². The number of anilines is 1. The molecule has 0 spiro atoms. The number of hydrogen-bond donors (Lipinski definition) is 1. The fourth-order valence-electron chi connectivity index (χ4n) is 4.62. The minimum atomic E-state index is -0.765. The number of fused-ring (bicyclic) bond motifs is 1. The number of carbonyl (C=O) groups excluding carboxylic acids is 2. The van der Waals surface area contributed by atoms with Crippen LogP contribution in [0.5, 0.6) is 5.75 Å². The maximum absolute atomic E-state index is 13.4. The molecule has 35 heavy (non-hydrogen) atoms. The maximum atomic E-state index is 13.4. The standard InChI is InChI=1S/C30H25NO4/c1-3-35-25-15-13-24(14-16-25)31-27(22-10-6-7-19(2)17-22)26(29(33)30(31)34)28(32)23-12-11-20-8-4-5-9-21(20)18-23/h4-18,27,32H,3H2,1-2H3/b28-26-. The first kappa shape index (κ1) is 22.4. The van der Waals surface area contributed by atoms with Crippen molar-refractivity contribution in [3.63, 3.8) is 0 Å². The first-order valence-electron chi connectivity index (χ1n) is 11.6. The van der Waals surface area contributed by atoms with Crippen LogP contribution in [0.3, 0.4) is 0 Å². The molecule has 1 atom stereocenters. The molecule has 0 aromatic heterocycles. The minimum Gasteiger partial charge on any atom is -0.507 e. The molecule has 5 heteroatoms. The minimum absolute atomic E-state index is 0.0739. The molecule has 174 valence electrons. The third kappa shape index (κ3) is 4.06. The van der Waals surface area contributed by atoms with Crippen LogP contribution in [0, 0.1) is 6.92 Å². The van der Waals surface area contributed by atoms with Crippen LogP contribution in [0.1, 0.15) is 29.7 Å². The molecule has 1 heterocycles. The highest BCUT2D eigenvalue weighted by molar-refractivity contribution is 6.51. The predicted octanol–water partition coefficient (Wildman–Crippen LogP) is 6.17. The summed E-state index contributed by atoms with van der Waals surface area (Å²) in [6, 6.07) is 27.3. The number of carbonyl (C=O) groups is 2. The summed E-state index contributed by atoms with van der Waals surface area (Å²) in [5, 5.41) is 13.4. The molecule has 4 aromatic carbocycles. The summed E-state index contributed by atoms with van der Waals surface area (Å²) in [7, 11) is 0. The Bertz CT molecular complexity index is 1470. The summed E-state index contributed by atoms with van der Waals surface area (Å²) in [5.74, 6) is -0.899. The van der Waals surface area contributed by atoms with E-state index in [9.17, 15) is 14.7 Å². The molecule has 1 amide bonds. The van der Waals surface area contributed by atoms with Gasteiger partial charge in [-0.2, -0.15) is 0 Å². The molecule has 5 nitrogen and oxygen atoms in total. The van der Waals surface area contributed by atoms with Gasteiger partial charge in [0.2, 0.25) is 0 Å². The van der Waals surface area contributed by atoms with Crippen molar-refractivity contribution in [2.75, 3.05) is 11.5 Å². The van der Waals surface area contributed by atoms with E-state index >= 15 is 0 Å². The quantitative estimate of drug-likeness (QED) is 0.218. The van der Waals surface area contributed by atoms with E-state index < -0.39 is 17.7 Å². The highest BCUT2D eigenvalue weighted by Gasteiger charge is 2.47. The van der Waals surface area contributed by atoms with Crippen LogP contribution in [-0.2, 0) is 9.59 Å². The Morgan fingerprint density at radius 1 is 0.886 bits per heavy atom. The van der Waals surface area contributed by atoms with Crippen LogP contribution in [-0.4, -0.2) is 23.4 Å². The number of nitrogens with zero attached hydrogens (tertiary/aromatic N) is 1. The molecule has 0 bridgehead atoms. The Balaban J connectivity index is 1.69. The molecular formula is C30H25NO4. The van der Waals surface area contributed by atoms with Crippen molar-refractivity contribution in [2.24, 2.45) is 0 Å². The number of ether oxygens (including phenoxy) is 1. The van der Waals surface area contributed by atoms with Gasteiger partial charge in [0.05, 0.1) is 18.2 Å². The molecular weight excluding hydrogens is 438 g/mol. The SMILES string of the molecule is CCOc1ccc(N2C(=O)C(=O)/C(=C(\O)c3ccc4ccccc4c3)C2c2cccc(C)c2)cc1. The van der Waals surface area contributed by atoms with Crippen molar-refractivity contribution >= 4 is 33.9 Å². The molecule has 1 aliphatic heterocycles. The number of aliphatic hydroxyl groups excluding tert-OH is 1. The van der Waals surface area contributed by atoms with Gasteiger partial charge in [-0.05, 0) is 60.5 Å². The number of rotatable bonds is 5. The first-order chi connectivity index (χ1) is 17.0. The molecule has 1 N–H and O–H groups in total. The Labute approximate surface area is 203 Å². The lowest BCUT2D eigenvalue weighted by atomic mass is 9.93. The smallest absolute Gasteiger partial charge is 0.300 e. The number of benzene rings is 4. The highest BCUT2D eigenvalue weighted by Crippen LogP contribution is 2.42. The van der Waals surface area contributed by atoms with E-state index in [1.165, 1.54) is 4.90 Å². The lowest BCUT2D eigenvalue weighted by Gasteiger charge is -2.26. The fourth-order valence-corrected chi connectivity index (χ4v) is 4.62. The highest BCUT2D eigenvalue weighted by atomic mass is 16.5. The van der Waals surface area contributed by atoms with E-state index in [4.69, 9.17) is 4.74 Å². The molecule has 0 radical (unpaired) electrons. The zero-order chi connectivity index (χ0) is 24.5. The van der Waals surface area contributed by atoms with Gasteiger partial charge < -0.3 is 9.84 Å². The summed E-state index contributed by atoms with van der Waals surface area (Å²) in [5.41, 5.74) is 2.86. The molecule has 0 aliphatic carbocycles. The van der Waals surface area contributed by atoms with Gasteiger partial charge in [-0.25, -0.2) is 0 Å². The molecule has 1 aliphatic rings. The fraction of sp³-hybridized carbons (Fsp3) is 0.133. The molecule has 1 fully saturated rings. The van der Waals surface area contributed by atoms with Crippen LogP contribution in [0.15, 0.2) is 96.6 Å². The third-order valence-corrected chi connectivity index (χ3v) is 6.25. The molecule has 1 saturated heterocycles. The van der Waals surface area contributed by atoms with Gasteiger partial charge in [-0.15, -0.1) is 0 Å². The van der Waals surface area contributed by atoms with Crippen molar-refractivity contribution in [1.82, 2.24) is 0 Å². The van der Waals surface area contributed by atoms with Gasteiger partial charge in [-0.3, -0.25) is 14.5 Å². The van der Waals surface area contributed by atoms with E-state index in [0.717, 1.165) is 21.9 Å². The number of hydrogen-bond acceptors (Lipinski definition) is 4. The lowest BCUT2D eigenvalue weighted by molar-refractivity contribution is -0.132.